The minimum atomic E-state index is -0.229. The highest BCUT2D eigenvalue weighted by atomic mass is 19.1. The minimum absolute atomic E-state index is 0.229. The van der Waals surface area contributed by atoms with Crippen LogP contribution in [0.1, 0.15) is 61.0 Å². The van der Waals surface area contributed by atoms with E-state index in [4.69, 9.17) is 0 Å². The number of hydrogen-bond donors (Lipinski definition) is 2. The fourth-order valence-electron chi connectivity index (χ4n) is 4.45. The molecule has 0 unspecified atom stereocenters. The molecule has 142 valence electrons. The number of rotatable bonds is 3. The Kier molecular flexibility index (Phi) is 4.77. The highest BCUT2D eigenvalue weighted by Crippen LogP contribution is 2.39. The molecule has 0 spiro atoms. The lowest BCUT2D eigenvalue weighted by molar-refractivity contribution is 0.460. The third-order valence-corrected chi connectivity index (χ3v) is 5.77. The summed E-state index contributed by atoms with van der Waals surface area (Å²) in [5.41, 5.74) is 6.50. The second kappa shape index (κ2) is 7.08. The number of aromatic nitrogens is 2. The van der Waals surface area contributed by atoms with Gasteiger partial charge in [0.1, 0.15) is 0 Å². The molecule has 0 amide bonds. The van der Waals surface area contributed by atoms with Gasteiger partial charge in [0.05, 0.1) is 11.4 Å². The van der Waals surface area contributed by atoms with E-state index in [9.17, 15) is 4.39 Å². The Labute approximate surface area is 160 Å². The van der Waals surface area contributed by atoms with Gasteiger partial charge in [0.15, 0.2) is 5.82 Å². The normalized spacial score (nSPS) is 15.8. The first-order chi connectivity index (χ1) is 13.0. The first kappa shape index (κ1) is 18.2. The van der Waals surface area contributed by atoms with Gasteiger partial charge >= 0.3 is 0 Å². The maximum atomic E-state index is 14.9. The van der Waals surface area contributed by atoms with Crippen LogP contribution >= 0.6 is 0 Å². The molecule has 1 fully saturated rings. The number of benzene rings is 1. The van der Waals surface area contributed by atoms with Crippen LogP contribution in [0.25, 0.3) is 22.2 Å². The van der Waals surface area contributed by atoms with Gasteiger partial charge in [0, 0.05) is 22.2 Å². The first-order valence-electron chi connectivity index (χ1n) is 9.96. The lowest BCUT2D eigenvalue weighted by Crippen LogP contribution is -2.26. The fourth-order valence-corrected chi connectivity index (χ4v) is 4.45. The molecule has 2 N–H and O–H groups in total. The number of aromatic amines is 1. The Morgan fingerprint density at radius 2 is 1.85 bits per heavy atom. The van der Waals surface area contributed by atoms with Crippen molar-refractivity contribution < 1.29 is 4.39 Å². The molecule has 1 aromatic carbocycles. The van der Waals surface area contributed by atoms with Crippen molar-refractivity contribution in [3.05, 3.63) is 52.6 Å². The summed E-state index contributed by atoms with van der Waals surface area (Å²) in [6.07, 6.45) is 2.36. The molecule has 1 saturated heterocycles. The van der Waals surface area contributed by atoms with Crippen molar-refractivity contribution in [3.8, 4) is 11.3 Å². The van der Waals surface area contributed by atoms with Crippen LogP contribution in [-0.4, -0.2) is 23.1 Å². The molecule has 0 atom stereocenters. The van der Waals surface area contributed by atoms with E-state index >= 15 is 0 Å². The Morgan fingerprint density at radius 3 is 2.56 bits per heavy atom. The lowest BCUT2D eigenvalue weighted by atomic mass is 9.88. The maximum absolute atomic E-state index is 14.9. The van der Waals surface area contributed by atoms with E-state index in [1.54, 1.807) is 6.92 Å². The molecule has 3 heterocycles. The number of aryl methyl sites for hydroxylation is 2. The zero-order chi connectivity index (χ0) is 19.1. The van der Waals surface area contributed by atoms with E-state index < -0.39 is 0 Å². The van der Waals surface area contributed by atoms with Crippen LogP contribution in [0, 0.1) is 19.7 Å². The summed E-state index contributed by atoms with van der Waals surface area (Å²) in [7, 11) is 0. The van der Waals surface area contributed by atoms with Crippen molar-refractivity contribution >= 4 is 10.9 Å². The zero-order valence-corrected chi connectivity index (χ0v) is 16.6. The average Bonchev–Trinajstić information content (AvgIpc) is 3.04. The van der Waals surface area contributed by atoms with Gasteiger partial charge in [-0.15, -0.1) is 0 Å². The summed E-state index contributed by atoms with van der Waals surface area (Å²) in [5, 5.41) is 4.66. The number of hydrogen-bond acceptors (Lipinski definition) is 2. The summed E-state index contributed by atoms with van der Waals surface area (Å²) in [6, 6.07) is 8.59. The molecule has 2 aromatic heterocycles. The SMILES string of the molecule is Cc1cc(-c2[nH]c3ccc(C4CCNCC4)cc3c2C(C)C)c(F)c(C)n1. The predicted octanol–water partition coefficient (Wildman–Crippen LogP) is 5.58. The summed E-state index contributed by atoms with van der Waals surface area (Å²) >= 11 is 0. The van der Waals surface area contributed by atoms with Crippen molar-refractivity contribution in [1.29, 1.82) is 0 Å². The Morgan fingerprint density at radius 1 is 1.11 bits per heavy atom. The minimum Gasteiger partial charge on any atom is -0.354 e. The molecule has 0 saturated carbocycles. The lowest BCUT2D eigenvalue weighted by Gasteiger charge is -2.23. The Bertz CT molecular complexity index is 981. The molecule has 4 rings (SSSR count). The van der Waals surface area contributed by atoms with Crippen LogP contribution in [0.15, 0.2) is 24.3 Å². The molecule has 27 heavy (non-hydrogen) atoms. The van der Waals surface area contributed by atoms with E-state index in [0.717, 1.165) is 30.0 Å². The second-order valence-electron chi connectivity index (χ2n) is 8.11. The van der Waals surface area contributed by atoms with Crippen molar-refractivity contribution in [2.45, 2.75) is 52.4 Å². The number of pyridine rings is 1. The fraction of sp³-hybridized carbons (Fsp3) is 0.435. The Balaban J connectivity index is 1.90. The Hall–Kier alpha value is -2.20. The summed E-state index contributed by atoms with van der Waals surface area (Å²) in [5.74, 6) is 0.675. The molecule has 1 aliphatic rings. The van der Waals surface area contributed by atoms with E-state index in [1.165, 1.54) is 29.4 Å². The highest BCUT2D eigenvalue weighted by Gasteiger charge is 2.22. The van der Waals surface area contributed by atoms with E-state index in [0.29, 0.717) is 23.1 Å². The third-order valence-electron chi connectivity index (χ3n) is 5.77. The molecular formula is C23H28FN3. The van der Waals surface area contributed by atoms with Crippen LogP contribution in [-0.2, 0) is 0 Å². The van der Waals surface area contributed by atoms with Crippen LogP contribution in [0.3, 0.4) is 0 Å². The van der Waals surface area contributed by atoms with Gasteiger partial charge in [-0.05, 0) is 80.9 Å². The average molecular weight is 365 g/mol. The third kappa shape index (κ3) is 3.27. The molecule has 4 heteroatoms. The maximum Gasteiger partial charge on any atom is 0.153 e. The molecular weight excluding hydrogens is 337 g/mol. The number of nitrogens with zero attached hydrogens (tertiary/aromatic N) is 1. The highest BCUT2D eigenvalue weighted by molar-refractivity contribution is 5.92. The zero-order valence-electron chi connectivity index (χ0n) is 16.6. The van der Waals surface area contributed by atoms with Gasteiger partial charge in [0.2, 0.25) is 0 Å². The monoisotopic (exact) mass is 365 g/mol. The van der Waals surface area contributed by atoms with E-state index in [2.05, 4.69) is 47.3 Å². The molecule has 3 nitrogen and oxygen atoms in total. The predicted molar refractivity (Wildman–Crippen MR) is 110 cm³/mol. The van der Waals surface area contributed by atoms with Crippen molar-refractivity contribution in [1.82, 2.24) is 15.3 Å². The van der Waals surface area contributed by atoms with Gasteiger partial charge in [-0.1, -0.05) is 19.9 Å². The van der Waals surface area contributed by atoms with Gasteiger partial charge < -0.3 is 10.3 Å². The summed E-state index contributed by atoms with van der Waals surface area (Å²) < 4.78 is 14.9. The van der Waals surface area contributed by atoms with Crippen LogP contribution in [0.4, 0.5) is 4.39 Å². The molecule has 1 aliphatic heterocycles. The van der Waals surface area contributed by atoms with Gasteiger partial charge in [0.25, 0.3) is 0 Å². The van der Waals surface area contributed by atoms with Crippen LogP contribution in [0.2, 0.25) is 0 Å². The number of fused-ring (bicyclic) bond motifs is 1. The van der Waals surface area contributed by atoms with Crippen molar-refractivity contribution in [2.75, 3.05) is 13.1 Å². The van der Waals surface area contributed by atoms with E-state index in [1.807, 2.05) is 13.0 Å². The second-order valence-corrected chi connectivity index (χ2v) is 8.11. The van der Waals surface area contributed by atoms with Gasteiger partial charge in [-0.25, -0.2) is 4.39 Å². The number of H-pyrrole nitrogens is 1. The molecule has 0 radical (unpaired) electrons. The molecule has 0 aliphatic carbocycles. The van der Waals surface area contributed by atoms with E-state index in [-0.39, 0.29) is 5.82 Å². The van der Waals surface area contributed by atoms with Gasteiger partial charge in [-0.2, -0.15) is 0 Å². The summed E-state index contributed by atoms with van der Waals surface area (Å²) in [4.78, 5) is 7.78. The van der Waals surface area contributed by atoms with Crippen LogP contribution in [0.5, 0.6) is 0 Å². The molecule has 0 bridgehead atoms. The molecule has 3 aromatic rings. The topological polar surface area (TPSA) is 40.7 Å². The van der Waals surface area contributed by atoms with Crippen molar-refractivity contribution in [3.63, 3.8) is 0 Å². The number of halogens is 1. The number of piperidine rings is 1. The standard InChI is InChI=1S/C23H28FN3/c1-13(2)21-18-12-17(16-7-9-25-10-8-16)5-6-20(18)27-23(21)19-11-14(3)26-15(4)22(19)24/h5-6,11-13,16,25,27H,7-10H2,1-4H3. The smallest absolute Gasteiger partial charge is 0.153 e. The quantitative estimate of drug-likeness (QED) is 0.636. The first-order valence-corrected chi connectivity index (χ1v) is 9.96. The van der Waals surface area contributed by atoms with Crippen LogP contribution < -0.4 is 5.32 Å². The van der Waals surface area contributed by atoms with Gasteiger partial charge in [-0.3, -0.25) is 4.98 Å². The van der Waals surface area contributed by atoms with Crippen molar-refractivity contribution in [2.24, 2.45) is 0 Å². The largest absolute Gasteiger partial charge is 0.354 e. The summed E-state index contributed by atoms with van der Waals surface area (Å²) in [6.45, 7) is 10.2. The number of nitrogens with one attached hydrogen (secondary N) is 2.